The zero-order valence-electron chi connectivity index (χ0n) is 10.0. The fourth-order valence-corrected chi connectivity index (χ4v) is 2.39. The summed E-state index contributed by atoms with van der Waals surface area (Å²) in [6.45, 7) is 7.80. The number of nitrogens with one attached hydrogen (secondary N) is 1. The second-order valence-corrected chi connectivity index (χ2v) is 4.75. The van der Waals surface area contributed by atoms with E-state index >= 15 is 0 Å². The predicted molar refractivity (Wildman–Crippen MR) is 60.4 cm³/mol. The summed E-state index contributed by atoms with van der Waals surface area (Å²) in [4.78, 5) is 0. The standard InChI is InChI=1S/C12H25NO/c1-5-11(8-14-4)13-12-7-6-9(2)10(12)3/h9-13H,5-8H2,1-4H3. The quantitative estimate of drug-likeness (QED) is 0.734. The van der Waals surface area contributed by atoms with Crippen molar-refractivity contribution in [1.29, 1.82) is 0 Å². The van der Waals surface area contributed by atoms with Crippen LogP contribution >= 0.6 is 0 Å². The van der Waals surface area contributed by atoms with Gasteiger partial charge in [-0.2, -0.15) is 0 Å². The Morgan fingerprint density at radius 1 is 1.36 bits per heavy atom. The zero-order chi connectivity index (χ0) is 10.6. The highest BCUT2D eigenvalue weighted by Crippen LogP contribution is 2.31. The molecule has 0 bridgehead atoms. The summed E-state index contributed by atoms with van der Waals surface area (Å²) >= 11 is 0. The monoisotopic (exact) mass is 199 g/mol. The molecule has 0 aliphatic heterocycles. The maximum absolute atomic E-state index is 5.20. The summed E-state index contributed by atoms with van der Waals surface area (Å²) in [6, 6.07) is 1.25. The van der Waals surface area contributed by atoms with Crippen molar-refractivity contribution in [3.8, 4) is 0 Å². The highest BCUT2D eigenvalue weighted by Gasteiger charge is 2.30. The van der Waals surface area contributed by atoms with Gasteiger partial charge in [0.25, 0.3) is 0 Å². The van der Waals surface area contributed by atoms with Crippen LogP contribution in [0.2, 0.25) is 0 Å². The lowest BCUT2D eigenvalue weighted by atomic mass is 9.97. The molecule has 2 nitrogen and oxygen atoms in total. The second-order valence-electron chi connectivity index (χ2n) is 4.75. The van der Waals surface area contributed by atoms with Gasteiger partial charge < -0.3 is 10.1 Å². The molecule has 1 fully saturated rings. The molecule has 14 heavy (non-hydrogen) atoms. The minimum atomic E-state index is 0.540. The molecule has 84 valence electrons. The fourth-order valence-electron chi connectivity index (χ4n) is 2.39. The van der Waals surface area contributed by atoms with Crippen molar-refractivity contribution in [2.24, 2.45) is 11.8 Å². The third-order valence-electron chi connectivity index (χ3n) is 3.78. The van der Waals surface area contributed by atoms with E-state index in [0.29, 0.717) is 12.1 Å². The first kappa shape index (κ1) is 12.0. The van der Waals surface area contributed by atoms with Crippen LogP contribution in [0, 0.1) is 11.8 Å². The Kier molecular flexibility index (Phi) is 4.90. The van der Waals surface area contributed by atoms with Crippen molar-refractivity contribution < 1.29 is 4.74 Å². The van der Waals surface area contributed by atoms with Gasteiger partial charge in [-0.3, -0.25) is 0 Å². The molecular weight excluding hydrogens is 174 g/mol. The highest BCUT2D eigenvalue weighted by atomic mass is 16.5. The average molecular weight is 199 g/mol. The molecule has 0 saturated heterocycles. The van der Waals surface area contributed by atoms with E-state index in [-0.39, 0.29) is 0 Å². The highest BCUT2D eigenvalue weighted by molar-refractivity contribution is 4.86. The van der Waals surface area contributed by atoms with E-state index in [1.54, 1.807) is 7.11 Å². The maximum atomic E-state index is 5.20. The summed E-state index contributed by atoms with van der Waals surface area (Å²) in [6.07, 6.45) is 3.87. The van der Waals surface area contributed by atoms with E-state index in [2.05, 4.69) is 26.1 Å². The van der Waals surface area contributed by atoms with E-state index in [0.717, 1.165) is 24.9 Å². The van der Waals surface area contributed by atoms with E-state index in [4.69, 9.17) is 4.74 Å². The van der Waals surface area contributed by atoms with E-state index in [1.807, 2.05) is 0 Å². The van der Waals surface area contributed by atoms with Crippen molar-refractivity contribution >= 4 is 0 Å². The van der Waals surface area contributed by atoms with Crippen LogP contribution in [0.3, 0.4) is 0 Å². The first-order chi connectivity index (χ1) is 6.69. The van der Waals surface area contributed by atoms with Crippen LogP contribution in [-0.4, -0.2) is 25.8 Å². The molecule has 0 spiro atoms. The third-order valence-corrected chi connectivity index (χ3v) is 3.78. The third kappa shape index (κ3) is 2.96. The largest absolute Gasteiger partial charge is 0.383 e. The molecule has 0 amide bonds. The first-order valence-electron chi connectivity index (χ1n) is 5.94. The van der Waals surface area contributed by atoms with Gasteiger partial charge in [0.05, 0.1) is 6.61 Å². The molecule has 0 aromatic carbocycles. The Morgan fingerprint density at radius 2 is 2.07 bits per heavy atom. The molecule has 2 heteroatoms. The fraction of sp³-hybridized carbons (Fsp3) is 1.00. The Balaban J connectivity index is 2.35. The van der Waals surface area contributed by atoms with Crippen LogP contribution in [-0.2, 0) is 4.74 Å². The summed E-state index contributed by atoms with van der Waals surface area (Å²) < 4.78 is 5.20. The van der Waals surface area contributed by atoms with Gasteiger partial charge >= 0.3 is 0 Å². The van der Waals surface area contributed by atoms with E-state index in [9.17, 15) is 0 Å². The van der Waals surface area contributed by atoms with Gasteiger partial charge in [0.15, 0.2) is 0 Å². The molecule has 1 aliphatic carbocycles. The minimum absolute atomic E-state index is 0.540. The van der Waals surface area contributed by atoms with Crippen molar-refractivity contribution in [1.82, 2.24) is 5.32 Å². The summed E-state index contributed by atoms with van der Waals surface area (Å²) in [7, 11) is 1.78. The molecule has 1 rings (SSSR count). The van der Waals surface area contributed by atoms with Crippen molar-refractivity contribution in [2.45, 2.75) is 52.1 Å². The lowest BCUT2D eigenvalue weighted by Crippen LogP contribution is -2.42. The molecule has 0 aromatic rings. The molecule has 0 radical (unpaired) electrons. The molecule has 1 N–H and O–H groups in total. The van der Waals surface area contributed by atoms with Crippen LogP contribution in [0.1, 0.15) is 40.0 Å². The lowest BCUT2D eigenvalue weighted by Gasteiger charge is -2.25. The zero-order valence-corrected chi connectivity index (χ0v) is 10.0. The van der Waals surface area contributed by atoms with Crippen LogP contribution < -0.4 is 5.32 Å². The Morgan fingerprint density at radius 3 is 2.50 bits per heavy atom. The smallest absolute Gasteiger partial charge is 0.0615 e. The maximum Gasteiger partial charge on any atom is 0.0615 e. The molecular formula is C12H25NO. The van der Waals surface area contributed by atoms with Crippen LogP contribution in [0.15, 0.2) is 0 Å². The normalized spacial score (nSPS) is 34.7. The van der Waals surface area contributed by atoms with Crippen LogP contribution in [0.25, 0.3) is 0 Å². The van der Waals surface area contributed by atoms with Crippen LogP contribution in [0.4, 0.5) is 0 Å². The SMILES string of the molecule is CCC(COC)NC1CCC(C)C1C. The van der Waals surface area contributed by atoms with Crippen molar-refractivity contribution in [2.75, 3.05) is 13.7 Å². The van der Waals surface area contributed by atoms with Gasteiger partial charge in [0.2, 0.25) is 0 Å². The molecule has 1 aliphatic rings. The number of rotatable bonds is 5. The first-order valence-corrected chi connectivity index (χ1v) is 5.94. The molecule has 1 saturated carbocycles. The number of hydrogen-bond donors (Lipinski definition) is 1. The number of ether oxygens (including phenoxy) is 1. The molecule has 0 aromatic heterocycles. The minimum Gasteiger partial charge on any atom is -0.383 e. The Bertz CT molecular complexity index is 160. The van der Waals surface area contributed by atoms with Crippen LogP contribution in [0.5, 0.6) is 0 Å². The second kappa shape index (κ2) is 5.72. The van der Waals surface area contributed by atoms with Gasteiger partial charge in [-0.05, 0) is 31.1 Å². The predicted octanol–water partition coefficient (Wildman–Crippen LogP) is 2.44. The van der Waals surface area contributed by atoms with Gasteiger partial charge in [-0.15, -0.1) is 0 Å². The van der Waals surface area contributed by atoms with Gasteiger partial charge in [0.1, 0.15) is 0 Å². The van der Waals surface area contributed by atoms with E-state index < -0.39 is 0 Å². The topological polar surface area (TPSA) is 21.3 Å². The van der Waals surface area contributed by atoms with Gasteiger partial charge in [0, 0.05) is 19.2 Å². The van der Waals surface area contributed by atoms with E-state index in [1.165, 1.54) is 12.8 Å². The summed E-state index contributed by atoms with van der Waals surface area (Å²) in [5.41, 5.74) is 0. The summed E-state index contributed by atoms with van der Waals surface area (Å²) in [5.74, 6) is 1.70. The summed E-state index contributed by atoms with van der Waals surface area (Å²) in [5, 5.41) is 3.72. The molecule has 0 heterocycles. The Labute approximate surface area is 88.4 Å². The lowest BCUT2D eigenvalue weighted by molar-refractivity contribution is 0.153. The van der Waals surface area contributed by atoms with Crippen molar-refractivity contribution in [3.05, 3.63) is 0 Å². The number of hydrogen-bond acceptors (Lipinski definition) is 2. The number of methoxy groups -OCH3 is 1. The molecule has 4 atom stereocenters. The average Bonchev–Trinajstić information content (AvgIpc) is 2.49. The van der Waals surface area contributed by atoms with Crippen molar-refractivity contribution in [3.63, 3.8) is 0 Å². The van der Waals surface area contributed by atoms with Gasteiger partial charge in [-0.1, -0.05) is 20.8 Å². The Hall–Kier alpha value is -0.0800. The van der Waals surface area contributed by atoms with Gasteiger partial charge in [-0.25, -0.2) is 0 Å². The molecule has 4 unspecified atom stereocenters.